The van der Waals surface area contributed by atoms with Crippen molar-refractivity contribution >= 4 is 27.3 Å². The van der Waals surface area contributed by atoms with Gasteiger partial charge in [-0.15, -0.1) is 0 Å². The van der Waals surface area contributed by atoms with Gasteiger partial charge in [0.1, 0.15) is 0 Å². The van der Waals surface area contributed by atoms with Gasteiger partial charge < -0.3 is 9.73 Å². The first-order chi connectivity index (χ1) is 14.0. The molecule has 0 aliphatic heterocycles. The molecule has 2 aromatic heterocycles. The summed E-state index contributed by atoms with van der Waals surface area (Å²) in [5.41, 5.74) is 1.49. The summed E-state index contributed by atoms with van der Waals surface area (Å²) < 4.78 is 32.1. The summed E-state index contributed by atoms with van der Waals surface area (Å²) in [6.45, 7) is 0.334. The molecule has 4 rings (SSSR count). The molecule has 0 amide bonds. The molecule has 0 bridgehead atoms. The van der Waals surface area contributed by atoms with Gasteiger partial charge in [0.15, 0.2) is 0 Å². The minimum atomic E-state index is -3.88. The Hall–Kier alpha value is -3.16. The van der Waals surface area contributed by atoms with Crippen LogP contribution in [0.1, 0.15) is 5.56 Å². The minimum Gasteiger partial charge on any atom is -0.419 e. The van der Waals surface area contributed by atoms with E-state index < -0.39 is 9.84 Å². The van der Waals surface area contributed by atoms with E-state index in [1.54, 1.807) is 60.9 Å². The number of sulfone groups is 1. The van der Waals surface area contributed by atoms with Crippen LogP contribution in [0.15, 0.2) is 93.5 Å². The minimum absolute atomic E-state index is 0.0719. The number of hydrogen-bond acceptors (Lipinski definition) is 6. The van der Waals surface area contributed by atoms with Gasteiger partial charge in [0.25, 0.3) is 0 Å². The normalized spacial score (nSPS) is 11.3. The Morgan fingerprint density at radius 1 is 0.966 bits per heavy atom. The Morgan fingerprint density at radius 2 is 1.72 bits per heavy atom. The molecule has 0 aliphatic rings. The van der Waals surface area contributed by atoms with Crippen LogP contribution in [0.5, 0.6) is 0 Å². The molecule has 2 aromatic carbocycles. The zero-order valence-electron chi connectivity index (χ0n) is 15.1. The summed E-state index contributed by atoms with van der Waals surface area (Å²) in [4.78, 5) is 8.49. The van der Waals surface area contributed by atoms with E-state index in [4.69, 9.17) is 16.0 Å². The predicted octanol–water partition coefficient (Wildman–Crippen LogP) is 4.83. The fourth-order valence-electron chi connectivity index (χ4n) is 2.71. The Morgan fingerprint density at radius 3 is 2.41 bits per heavy atom. The molecule has 6 nitrogen and oxygen atoms in total. The predicted molar refractivity (Wildman–Crippen MR) is 110 cm³/mol. The molecule has 2 heterocycles. The molecule has 0 saturated heterocycles. The van der Waals surface area contributed by atoms with Crippen LogP contribution in [0.2, 0.25) is 5.02 Å². The smallest absolute Gasteiger partial charge is 0.234 e. The van der Waals surface area contributed by atoms with Gasteiger partial charge in [0.2, 0.25) is 26.6 Å². The number of aromatic nitrogens is 2. The van der Waals surface area contributed by atoms with Crippen molar-refractivity contribution in [2.45, 2.75) is 16.5 Å². The van der Waals surface area contributed by atoms with E-state index in [9.17, 15) is 8.42 Å². The number of halogens is 1. The maximum atomic E-state index is 13.2. The van der Waals surface area contributed by atoms with Crippen LogP contribution in [0, 0.1) is 0 Å². The Bertz CT molecular complexity index is 1210. The van der Waals surface area contributed by atoms with Crippen molar-refractivity contribution in [2.75, 3.05) is 5.32 Å². The molecule has 0 fully saturated rings. The summed E-state index contributed by atoms with van der Waals surface area (Å²) >= 11 is 5.94. The first-order valence-corrected chi connectivity index (χ1v) is 10.6. The third-order valence-electron chi connectivity index (χ3n) is 4.17. The second-order valence-corrected chi connectivity index (χ2v) is 8.49. The van der Waals surface area contributed by atoms with E-state index in [1.807, 2.05) is 6.07 Å². The standard InChI is InChI=1S/C21H16ClN3O3S/c22-17-10-8-16(9-11-17)19-25-21(29(26,27)18-6-2-1-3-7-18)20(28-19)24-14-15-5-4-12-23-13-15/h1-13,24H,14H2. The molecular weight excluding hydrogens is 410 g/mol. The van der Waals surface area contributed by atoms with E-state index in [0.29, 0.717) is 17.1 Å². The van der Waals surface area contributed by atoms with Crippen LogP contribution in [0.25, 0.3) is 11.5 Å². The topological polar surface area (TPSA) is 85.1 Å². The molecule has 1 N–H and O–H groups in total. The Balaban J connectivity index is 1.76. The summed E-state index contributed by atoms with van der Waals surface area (Å²) in [5.74, 6) is 0.257. The molecule has 0 atom stereocenters. The zero-order valence-corrected chi connectivity index (χ0v) is 16.7. The molecule has 0 radical (unpaired) electrons. The van der Waals surface area contributed by atoms with Crippen LogP contribution >= 0.6 is 11.6 Å². The lowest BCUT2D eigenvalue weighted by Crippen LogP contribution is -2.07. The van der Waals surface area contributed by atoms with Gasteiger partial charge in [-0.1, -0.05) is 35.9 Å². The highest BCUT2D eigenvalue weighted by atomic mass is 35.5. The molecule has 8 heteroatoms. The number of hydrogen-bond donors (Lipinski definition) is 1. The van der Waals surface area contributed by atoms with Crippen molar-refractivity contribution in [3.63, 3.8) is 0 Å². The number of benzene rings is 2. The molecule has 29 heavy (non-hydrogen) atoms. The lowest BCUT2D eigenvalue weighted by atomic mass is 10.2. The van der Waals surface area contributed by atoms with Gasteiger partial charge in [0, 0.05) is 29.5 Å². The lowest BCUT2D eigenvalue weighted by molar-refractivity contribution is 0.576. The zero-order chi connectivity index (χ0) is 20.3. The van der Waals surface area contributed by atoms with Crippen LogP contribution < -0.4 is 5.32 Å². The second kappa shape index (κ2) is 8.06. The van der Waals surface area contributed by atoms with Crippen molar-refractivity contribution in [1.29, 1.82) is 0 Å². The summed E-state index contributed by atoms with van der Waals surface area (Å²) in [6, 6.07) is 18.6. The first-order valence-electron chi connectivity index (χ1n) is 8.74. The van der Waals surface area contributed by atoms with E-state index in [2.05, 4.69) is 15.3 Å². The SMILES string of the molecule is O=S(=O)(c1ccccc1)c1nc(-c2ccc(Cl)cc2)oc1NCc1cccnc1. The van der Waals surface area contributed by atoms with E-state index in [0.717, 1.165) is 5.56 Å². The summed E-state index contributed by atoms with van der Waals surface area (Å²) in [7, 11) is -3.88. The fraction of sp³-hybridized carbons (Fsp3) is 0.0476. The van der Waals surface area contributed by atoms with E-state index in [1.165, 1.54) is 12.1 Å². The third-order valence-corrected chi connectivity index (χ3v) is 6.10. The second-order valence-electron chi connectivity index (χ2n) is 6.19. The maximum Gasteiger partial charge on any atom is 0.234 e. The first kappa shape index (κ1) is 19.2. The fourth-order valence-corrected chi connectivity index (χ4v) is 4.14. The van der Waals surface area contributed by atoms with Crippen molar-refractivity contribution in [2.24, 2.45) is 0 Å². The van der Waals surface area contributed by atoms with Crippen molar-refractivity contribution in [1.82, 2.24) is 9.97 Å². The molecule has 146 valence electrons. The van der Waals surface area contributed by atoms with E-state index in [-0.39, 0.29) is 21.7 Å². The van der Waals surface area contributed by atoms with Gasteiger partial charge in [-0.3, -0.25) is 4.98 Å². The van der Waals surface area contributed by atoms with Crippen LogP contribution in [-0.2, 0) is 16.4 Å². The number of rotatable bonds is 6. The number of nitrogens with one attached hydrogen (secondary N) is 1. The summed E-state index contributed by atoms with van der Waals surface area (Å²) in [6.07, 6.45) is 3.36. The number of anilines is 1. The van der Waals surface area contributed by atoms with Crippen molar-refractivity contribution in [3.05, 3.63) is 89.7 Å². The average molecular weight is 426 g/mol. The molecule has 0 aliphatic carbocycles. The largest absolute Gasteiger partial charge is 0.419 e. The van der Waals surface area contributed by atoms with Gasteiger partial charge in [-0.25, -0.2) is 8.42 Å². The van der Waals surface area contributed by atoms with Gasteiger partial charge in [-0.05, 0) is 48.0 Å². The lowest BCUT2D eigenvalue weighted by Gasteiger charge is -2.06. The number of oxazole rings is 1. The molecule has 4 aromatic rings. The Labute approximate surface area is 173 Å². The quantitative estimate of drug-likeness (QED) is 0.476. The van der Waals surface area contributed by atoms with Gasteiger partial charge in [-0.2, -0.15) is 4.98 Å². The third kappa shape index (κ3) is 4.16. The number of pyridine rings is 1. The molecule has 0 unspecified atom stereocenters. The maximum absolute atomic E-state index is 13.2. The highest BCUT2D eigenvalue weighted by Gasteiger charge is 2.28. The average Bonchev–Trinajstić information content (AvgIpc) is 3.19. The molecule has 0 saturated carbocycles. The van der Waals surface area contributed by atoms with Crippen LogP contribution in [0.3, 0.4) is 0 Å². The van der Waals surface area contributed by atoms with Crippen molar-refractivity contribution in [3.8, 4) is 11.5 Å². The monoisotopic (exact) mass is 425 g/mol. The van der Waals surface area contributed by atoms with Crippen LogP contribution in [-0.4, -0.2) is 18.4 Å². The van der Waals surface area contributed by atoms with Gasteiger partial charge in [0.05, 0.1) is 4.90 Å². The Kier molecular flexibility index (Phi) is 5.33. The number of nitrogens with zero attached hydrogens (tertiary/aromatic N) is 2. The highest BCUT2D eigenvalue weighted by molar-refractivity contribution is 7.91. The molecule has 0 spiro atoms. The van der Waals surface area contributed by atoms with E-state index >= 15 is 0 Å². The highest BCUT2D eigenvalue weighted by Crippen LogP contribution is 2.33. The van der Waals surface area contributed by atoms with Gasteiger partial charge >= 0.3 is 0 Å². The molecular formula is C21H16ClN3O3S. The summed E-state index contributed by atoms with van der Waals surface area (Å²) in [5, 5.41) is 3.43. The van der Waals surface area contributed by atoms with Crippen molar-refractivity contribution < 1.29 is 12.8 Å². The van der Waals surface area contributed by atoms with Crippen LogP contribution in [0.4, 0.5) is 5.88 Å².